The molecule has 56 valence electrons. The topological polar surface area (TPSA) is 0 Å². The summed E-state index contributed by atoms with van der Waals surface area (Å²) in [6.45, 7) is 4.82. The maximum absolute atomic E-state index is 2.41. The zero-order valence-corrected chi connectivity index (χ0v) is 6.93. The first-order valence-electron chi connectivity index (χ1n) is 4.76. The Bertz CT molecular complexity index is 182. The van der Waals surface area contributed by atoms with E-state index in [0.29, 0.717) is 0 Å². The molecule has 0 bridgehead atoms. The summed E-state index contributed by atoms with van der Waals surface area (Å²) in [5.74, 6) is 4.52. The van der Waals surface area contributed by atoms with E-state index in [-0.39, 0.29) is 0 Å². The van der Waals surface area contributed by atoms with Crippen molar-refractivity contribution in [1.82, 2.24) is 0 Å². The van der Waals surface area contributed by atoms with E-state index < -0.39 is 0 Å². The summed E-state index contributed by atoms with van der Waals surface area (Å²) in [6, 6.07) is 0. The fourth-order valence-electron chi connectivity index (χ4n) is 3.93. The van der Waals surface area contributed by atoms with E-state index in [1.165, 1.54) is 11.8 Å². The van der Waals surface area contributed by atoms with E-state index in [1.807, 2.05) is 0 Å². The molecule has 4 atom stereocenters. The van der Waals surface area contributed by atoms with Crippen molar-refractivity contribution in [1.29, 1.82) is 0 Å². The van der Waals surface area contributed by atoms with Crippen LogP contribution in [0.1, 0.15) is 33.1 Å². The van der Waals surface area contributed by atoms with Crippen molar-refractivity contribution in [2.24, 2.45) is 29.1 Å². The van der Waals surface area contributed by atoms with Gasteiger partial charge in [0.2, 0.25) is 0 Å². The van der Waals surface area contributed by atoms with Crippen LogP contribution in [0.5, 0.6) is 0 Å². The van der Waals surface area contributed by atoms with Crippen molar-refractivity contribution in [3.8, 4) is 0 Å². The summed E-state index contributed by atoms with van der Waals surface area (Å²) < 4.78 is 0. The van der Waals surface area contributed by atoms with Gasteiger partial charge < -0.3 is 0 Å². The second-order valence-electron chi connectivity index (χ2n) is 5.01. The highest BCUT2D eigenvalue weighted by Gasteiger charge is 2.77. The van der Waals surface area contributed by atoms with Crippen LogP contribution in [0.25, 0.3) is 0 Å². The molecule has 0 N–H and O–H groups in total. The highest BCUT2D eigenvalue weighted by Crippen LogP contribution is 2.84. The molecular formula is C10H16. The Morgan fingerprint density at radius 3 is 2.30 bits per heavy atom. The van der Waals surface area contributed by atoms with Gasteiger partial charge in [0, 0.05) is 0 Å². The van der Waals surface area contributed by atoms with E-state index in [2.05, 4.69) is 13.8 Å². The average Bonchev–Trinajstić information content (AvgIpc) is 2.53. The monoisotopic (exact) mass is 136 g/mol. The van der Waals surface area contributed by atoms with Gasteiger partial charge in [-0.25, -0.2) is 0 Å². The Kier molecular flexibility index (Phi) is 0.735. The molecule has 0 radical (unpaired) electrons. The smallest absolute Gasteiger partial charge is 0.0232 e. The summed E-state index contributed by atoms with van der Waals surface area (Å²) in [5, 5.41) is 0. The molecule has 1 spiro atoms. The van der Waals surface area contributed by atoms with Gasteiger partial charge in [-0.3, -0.25) is 0 Å². The van der Waals surface area contributed by atoms with Crippen LogP contribution in [-0.2, 0) is 0 Å². The standard InChI is InChI=1S/C10H16/c1-6(2)9-7-3-4-10(7)5-8(9)10/h6-9H,3-5H2,1-2H3. The minimum absolute atomic E-state index is 0.978. The molecule has 3 aliphatic rings. The van der Waals surface area contributed by atoms with Gasteiger partial charge in [0.05, 0.1) is 0 Å². The zero-order chi connectivity index (χ0) is 6.93. The van der Waals surface area contributed by atoms with Crippen LogP contribution in [-0.4, -0.2) is 0 Å². The fraction of sp³-hybridized carbons (Fsp3) is 1.00. The second kappa shape index (κ2) is 1.31. The van der Waals surface area contributed by atoms with Gasteiger partial charge in [0.1, 0.15) is 0 Å². The van der Waals surface area contributed by atoms with Crippen molar-refractivity contribution in [2.45, 2.75) is 33.1 Å². The molecule has 0 aromatic carbocycles. The van der Waals surface area contributed by atoms with Crippen LogP contribution in [0.4, 0.5) is 0 Å². The third kappa shape index (κ3) is 0.360. The lowest BCUT2D eigenvalue weighted by Gasteiger charge is -2.55. The minimum atomic E-state index is 0.978. The highest BCUT2D eigenvalue weighted by atomic mass is 14.8. The summed E-state index contributed by atoms with van der Waals surface area (Å²) in [5.41, 5.74) is 0.981. The lowest BCUT2D eigenvalue weighted by atomic mass is 9.50. The quantitative estimate of drug-likeness (QED) is 0.520. The zero-order valence-electron chi connectivity index (χ0n) is 6.93. The molecule has 3 saturated carbocycles. The molecule has 4 unspecified atom stereocenters. The molecule has 0 aromatic heterocycles. The van der Waals surface area contributed by atoms with Gasteiger partial charge in [0.15, 0.2) is 0 Å². The summed E-state index contributed by atoms with van der Waals surface area (Å²) in [6.07, 6.45) is 4.77. The van der Waals surface area contributed by atoms with Crippen LogP contribution in [0.2, 0.25) is 0 Å². The SMILES string of the molecule is CC(C)C1C2CCC23CC13. The molecule has 0 saturated heterocycles. The van der Waals surface area contributed by atoms with Crippen LogP contribution in [0.3, 0.4) is 0 Å². The first-order valence-corrected chi connectivity index (χ1v) is 4.76. The molecule has 3 rings (SSSR count). The minimum Gasteiger partial charge on any atom is -0.0625 e. The lowest BCUT2D eigenvalue weighted by molar-refractivity contribution is -0.0634. The molecule has 10 heavy (non-hydrogen) atoms. The van der Waals surface area contributed by atoms with Gasteiger partial charge in [-0.1, -0.05) is 13.8 Å². The first-order chi connectivity index (χ1) is 4.76. The molecular weight excluding hydrogens is 120 g/mol. The van der Waals surface area contributed by atoms with E-state index in [1.54, 1.807) is 19.3 Å². The Morgan fingerprint density at radius 1 is 1.30 bits per heavy atom. The largest absolute Gasteiger partial charge is 0.0625 e. The maximum Gasteiger partial charge on any atom is -0.0232 e. The number of hydrogen-bond donors (Lipinski definition) is 0. The van der Waals surface area contributed by atoms with E-state index in [9.17, 15) is 0 Å². The van der Waals surface area contributed by atoms with Gasteiger partial charge in [-0.15, -0.1) is 0 Å². The van der Waals surface area contributed by atoms with Crippen molar-refractivity contribution >= 4 is 0 Å². The summed E-state index contributed by atoms with van der Waals surface area (Å²) in [4.78, 5) is 0. The van der Waals surface area contributed by atoms with E-state index in [0.717, 1.165) is 17.3 Å². The van der Waals surface area contributed by atoms with Gasteiger partial charge in [-0.2, -0.15) is 0 Å². The Morgan fingerprint density at radius 2 is 2.10 bits per heavy atom. The second-order valence-corrected chi connectivity index (χ2v) is 5.01. The predicted octanol–water partition coefficient (Wildman–Crippen LogP) is 2.69. The average molecular weight is 136 g/mol. The predicted molar refractivity (Wildman–Crippen MR) is 41.6 cm³/mol. The normalized spacial score (nSPS) is 62.1. The molecule has 0 heteroatoms. The van der Waals surface area contributed by atoms with Crippen molar-refractivity contribution < 1.29 is 0 Å². The van der Waals surface area contributed by atoms with Crippen LogP contribution in [0, 0.1) is 29.1 Å². The van der Waals surface area contributed by atoms with Crippen molar-refractivity contribution in [3.05, 3.63) is 0 Å². The van der Waals surface area contributed by atoms with Gasteiger partial charge in [-0.05, 0) is 48.3 Å². The molecule has 3 aliphatic carbocycles. The number of rotatable bonds is 1. The molecule has 0 aliphatic heterocycles. The fourth-order valence-corrected chi connectivity index (χ4v) is 3.93. The highest BCUT2D eigenvalue weighted by molar-refractivity contribution is 5.25. The third-order valence-electron chi connectivity index (χ3n) is 4.54. The van der Waals surface area contributed by atoms with Crippen LogP contribution < -0.4 is 0 Å². The van der Waals surface area contributed by atoms with Crippen LogP contribution in [0.15, 0.2) is 0 Å². The molecule has 0 heterocycles. The molecule has 0 nitrogen and oxygen atoms in total. The van der Waals surface area contributed by atoms with E-state index in [4.69, 9.17) is 0 Å². The Labute approximate surface area is 63.0 Å². The summed E-state index contributed by atoms with van der Waals surface area (Å²) >= 11 is 0. The van der Waals surface area contributed by atoms with Gasteiger partial charge in [0.25, 0.3) is 0 Å². The Balaban J connectivity index is 1.82. The molecule has 3 fully saturated rings. The molecule has 0 amide bonds. The third-order valence-corrected chi connectivity index (χ3v) is 4.54. The summed E-state index contributed by atoms with van der Waals surface area (Å²) in [7, 11) is 0. The molecule has 0 aromatic rings. The Hall–Kier alpha value is 0. The number of hydrogen-bond acceptors (Lipinski definition) is 0. The van der Waals surface area contributed by atoms with Crippen molar-refractivity contribution in [3.63, 3.8) is 0 Å². The lowest BCUT2D eigenvalue weighted by Crippen LogP contribution is -2.48. The van der Waals surface area contributed by atoms with E-state index >= 15 is 0 Å². The maximum atomic E-state index is 2.41. The van der Waals surface area contributed by atoms with Crippen LogP contribution >= 0.6 is 0 Å². The first kappa shape index (κ1) is 5.62. The van der Waals surface area contributed by atoms with Gasteiger partial charge >= 0.3 is 0 Å². The van der Waals surface area contributed by atoms with Crippen molar-refractivity contribution in [2.75, 3.05) is 0 Å².